The van der Waals surface area contributed by atoms with Crippen molar-refractivity contribution in [2.75, 3.05) is 6.54 Å². The summed E-state index contributed by atoms with van der Waals surface area (Å²) in [5, 5.41) is 0.349. The highest BCUT2D eigenvalue weighted by molar-refractivity contribution is 7.89. The first-order valence-electron chi connectivity index (χ1n) is 5.99. The first-order chi connectivity index (χ1) is 9.53. The lowest BCUT2D eigenvalue weighted by atomic mass is 10.2. The van der Waals surface area contributed by atoms with Crippen molar-refractivity contribution in [3.05, 3.63) is 47.0 Å². The number of imidazole rings is 1. The molecule has 20 heavy (non-hydrogen) atoms. The van der Waals surface area contributed by atoms with Gasteiger partial charge in [-0.25, -0.2) is 18.1 Å². The fourth-order valence-corrected chi connectivity index (χ4v) is 3.06. The maximum atomic E-state index is 12.1. The smallest absolute Gasteiger partial charge is 0.240 e. The van der Waals surface area contributed by atoms with Gasteiger partial charge in [0.1, 0.15) is 5.82 Å². The number of nitrogens with zero attached hydrogens (tertiary/aromatic N) is 1. The second-order valence-electron chi connectivity index (χ2n) is 4.14. The summed E-state index contributed by atoms with van der Waals surface area (Å²) in [7, 11) is -3.58. The lowest BCUT2D eigenvalue weighted by molar-refractivity contribution is 0.581. The maximum absolute atomic E-state index is 12.1. The topological polar surface area (TPSA) is 101 Å². The Balaban J connectivity index is 2.04. The van der Waals surface area contributed by atoms with E-state index in [1.165, 1.54) is 12.1 Å². The molecule has 1 aromatic heterocycles. The summed E-state index contributed by atoms with van der Waals surface area (Å²) in [5.74, 6) is 0.726. The van der Waals surface area contributed by atoms with Crippen molar-refractivity contribution in [3.63, 3.8) is 0 Å². The molecule has 0 saturated heterocycles. The van der Waals surface area contributed by atoms with E-state index in [2.05, 4.69) is 14.7 Å². The van der Waals surface area contributed by atoms with E-state index in [0.717, 1.165) is 5.82 Å². The predicted molar refractivity (Wildman–Crippen MR) is 76.8 cm³/mol. The lowest BCUT2D eigenvalue weighted by Gasteiger charge is -2.08. The Morgan fingerprint density at radius 3 is 2.80 bits per heavy atom. The molecule has 0 unspecified atom stereocenters. The Labute approximate surface area is 122 Å². The molecule has 0 aliphatic heterocycles. The second-order valence-corrected chi connectivity index (χ2v) is 6.32. The molecule has 1 heterocycles. The molecule has 2 rings (SSSR count). The average Bonchev–Trinajstić information content (AvgIpc) is 2.91. The van der Waals surface area contributed by atoms with E-state index in [4.69, 9.17) is 17.3 Å². The van der Waals surface area contributed by atoms with Crippen molar-refractivity contribution in [2.24, 2.45) is 5.73 Å². The molecular weight excluding hydrogens is 300 g/mol. The number of hydrogen-bond donors (Lipinski definition) is 3. The van der Waals surface area contributed by atoms with Crippen LogP contribution < -0.4 is 10.5 Å². The molecule has 0 saturated carbocycles. The molecule has 0 amide bonds. The quantitative estimate of drug-likeness (QED) is 0.741. The number of halogens is 1. The summed E-state index contributed by atoms with van der Waals surface area (Å²) in [6.45, 7) is 0.525. The number of sulfonamides is 1. The van der Waals surface area contributed by atoms with Gasteiger partial charge in [-0.05, 0) is 17.7 Å². The molecule has 0 atom stereocenters. The zero-order chi connectivity index (χ0) is 14.6. The molecule has 0 radical (unpaired) electrons. The van der Waals surface area contributed by atoms with Gasteiger partial charge >= 0.3 is 0 Å². The Kier molecular flexibility index (Phi) is 4.77. The van der Waals surface area contributed by atoms with Gasteiger partial charge in [0.15, 0.2) is 0 Å². The third-order valence-corrected chi connectivity index (χ3v) is 4.57. The fraction of sp³-hybridized carbons (Fsp3) is 0.250. The molecule has 0 spiro atoms. The number of aromatic nitrogens is 2. The SMILES string of the molecule is NCc1ccc(S(=O)(=O)NCCc2ncc[nH]2)cc1Cl. The molecule has 2 aromatic rings. The number of nitrogens with one attached hydrogen (secondary N) is 2. The molecular formula is C12H15ClN4O2S. The number of hydrogen-bond acceptors (Lipinski definition) is 4. The molecule has 0 aliphatic rings. The van der Waals surface area contributed by atoms with Crippen LogP contribution in [-0.2, 0) is 23.0 Å². The first kappa shape index (κ1) is 15.0. The van der Waals surface area contributed by atoms with Crippen LogP contribution in [-0.4, -0.2) is 24.9 Å². The standard InChI is InChI=1S/C12H15ClN4O2S/c13-11-7-10(2-1-9(11)8-14)20(18,19)17-4-3-12-15-5-6-16-12/h1-2,5-7,17H,3-4,8,14H2,(H,15,16). The van der Waals surface area contributed by atoms with Crippen molar-refractivity contribution >= 4 is 21.6 Å². The lowest BCUT2D eigenvalue weighted by Crippen LogP contribution is -2.26. The van der Waals surface area contributed by atoms with Gasteiger partial charge in [-0.2, -0.15) is 0 Å². The summed E-state index contributed by atoms with van der Waals surface area (Å²) in [6, 6.07) is 4.51. The molecule has 4 N–H and O–H groups in total. The zero-order valence-corrected chi connectivity index (χ0v) is 12.2. The fourth-order valence-electron chi connectivity index (χ4n) is 1.68. The van der Waals surface area contributed by atoms with Crippen molar-refractivity contribution in [1.82, 2.24) is 14.7 Å². The van der Waals surface area contributed by atoms with Crippen LogP contribution in [0.3, 0.4) is 0 Å². The number of rotatable bonds is 6. The van der Waals surface area contributed by atoms with Crippen molar-refractivity contribution in [1.29, 1.82) is 0 Å². The number of nitrogens with two attached hydrogens (primary N) is 1. The number of benzene rings is 1. The monoisotopic (exact) mass is 314 g/mol. The van der Waals surface area contributed by atoms with E-state index in [1.807, 2.05) is 0 Å². The second kappa shape index (κ2) is 6.36. The zero-order valence-electron chi connectivity index (χ0n) is 10.6. The molecule has 8 heteroatoms. The maximum Gasteiger partial charge on any atom is 0.240 e. The highest BCUT2D eigenvalue weighted by Crippen LogP contribution is 2.20. The van der Waals surface area contributed by atoms with Gasteiger partial charge in [0.05, 0.1) is 4.90 Å². The molecule has 0 aliphatic carbocycles. The van der Waals surface area contributed by atoms with Crippen LogP contribution in [0.5, 0.6) is 0 Å². The molecule has 108 valence electrons. The van der Waals surface area contributed by atoms with Gasteiger partial charge in [-0.3, -0.25) is 0 Å². The van der Waals surface area contributed by atoms with Crippen molar-refractivity contribution < 1.29 is 8.42 Å². The first-order valence-corrected chi connectivity index (χ1v) is 7.85. The molecule has 6 nitrogen and oxygen atoms in total. The summed E-state index contributed by atoms with van der Waals surface area (Å²) in [6.07, 6.45) is 3.80. The van der Waals surface area contributed by atoms with Gasteiger partial charge in [0.25, 0.3) is 0 Å². The summed E-state index contributed by atoms with van der Waals surface area (Å²) < 4.78 is 26.7. The van der Waals surface area contributed by atoms with E-state index in [0.29, 0.717) is 17.0 Å². The largest absolute Gasteiger partial charge is 0.349 e. The van der Waals surface area contributed by atoms with E-state index in [-0.39, 0.29) is 18.0 Å². The Bertz CT molecular complexity index is 671. The minimum absolute atomic E-state index is 0.124. The van der Waals surface area contributed by atoms with Gasteiger partial charge < -0.3 is 10.7 Å². The Morgan fingerprint density at radius 1 is 1.40 bits per heavy atom. The van der Waals surface area contributed by atoms with Crippen LogP contribution in [0.4, 0.5) is 0 Å². The molecule has 0 bridgehead atoms. The predicted octanol–water partition coefficient (Wildman–Crippen LogP) is 1.04. The number of H-pyrrole nitrogens is 1. The van der Waals surface area contributed by atoms with Gasteiger partial charge in [-0.1, -0.05) is 17.7 Å². The highest BCUT2D eigenvalue weighted by atomic mass is 35.5. The van der Waals surface area contributed by atoms with E-state index < -0.39 is 10.0 Å². The average molecular weight is 315 g/mol. The minimum atomic E-state index is -3.58. The van der Waals surface area contributed by atoms with Crippen LogP contribution in [0.2, 0.25) is 5.02 Å². The van der Waals surface area contributed by atoms with Crippen LogP contribution >= 0.6 is 11.6 Å². The van der Waals surface area contributed by atoms with E-state index in [1.54, 1.807) is 18.5 Å². The third-order valence-electron chi connectivity index (χ3n) is 2.76. The van der Waals surface area contributed by atoms with Gasteiger partial charge in [0.2, 0.25) is 10.0 Å². The third kappa shape index (κ3) is 3.57. The molecule has 1 aromatic carbocycles. The Morgan fingerprint density at radius 2 is 2.20 bits per heavy atom. The van der Waals surface area contributed by atoms with Crippen molar-refractivity contribution in [3.8, 4) is 0 Å². The van der Waals surface area contributed by atoms with Gasteiger partial charge in [-0.15, -0.1) is 0 Å². The minimum Gasteiger partial charge on any atom is -0.349 e. The summed E-state index contributed by atoms with van der Waals surface area (Å²) >= 11 is 5.96. The van der Waals surface area contributed by atoms with E-state index >= 15 is 0 Å². The summed E-state index contributed by atoms with van der Waals surface area (Å²) in [4.78, 5) is 7.05. The number of aromatic amines is 1. The highest BCUT2D eigenvalue weighted by Gasteiger charge is 2.15. The van der Waals surface area contributed by atoms with Crippen LogP contribution in [0.1, 0.15) is 11.4 Å². The normalized spacial score (nSPS) is 11.7. The van der Waals surface area contributed by atoms with E-state index in [9.17, 15) is 8.42 Å². The van der Waals surface area contributed by atoms with Gasteiger partial charge in [0, 0.05) is 36.9 Å². The Hall–Kier alpha value is -1.41. The molecule has 0 fully saturated rings. The summed E-state index contributed by atoms with van der Waals surface area (Å²) in [5.41, 5.74) is 6.19. The van der Waals surface area contributed by atoms with Crippen LogP contribution in [0.25, 0.3) is 0 Å². The van der Waals surface area contributed by atoms with Crippen LogP contribution in [0.15, 0.2) is 35.5 Å². The van der Waals surface area contributed by atoms with Crippen LogP contribution in [0, 0.1) is 0 Å². The van der Waals surface area contributed by atoms with Crippen molar-refractivity contribution in [2.45, 2.75) is 17.9 Å².